The fourth-order valence-corrected chi connectivity index (χ4v) is 6.59. The highest BCUT2D eigenvalue weighted by atomic mass is 32.2. The number of hydrogen-bond donors (Lipinski definition) is 0. The lowest BCUT2D eigenvalue weighted by molar-refractivity contribution is 0.123. The van der Waals surface area contributed by atoms with E-state index in [0.717, 1.165) is 24.1 Å². The van der Waals surface area contributed by atoms with E-state index < -0.39 is 8.80 Å². The SMILES string of the molecule is CO[Si](CCCSC1CC(C)CCC1=C(C)C)(OC)OC. The summed E-state index contributed by atoms with van der Waals surface area (Å²) in [6.45, 7) is 6.91. The second-order valence-electron chi connectivity index (χ2n) is 6.16. The molecule has 0 N–H and O–H groups in total. The summed E-state index contributed by atoms with van der Waals surface area (Å²) in [5.74, 6) is 2.01. The largest absolute Gasteiger partial charge is 0.500 e. The molecule has 2 unspecified atom stereocenters. The minimum atomic E-state index is -2.38. The van der Waals surface area contributed by atoms with E-state index in [1.807, 2.05) is 0 Å². The summed E-state index contributed by atoms with van der Waals surface area (Å²) in [7, 11) is 2.69. The predicted octanol–water partition coefficient (Wildman–Crippen LogP) is 4.51. The van der Waals surface area contributed by atoms with Crippen LogP contribution in [0.25, 0.3) is 0 Å². The van der Waals surface area contributed by atoms with Crippen LogP contribution in [0.4, 0.5) is 0 Å². The zero-order chi connectivity index (χ0) is 15.9. The van der Waals surface area contributed by atoms with E-state index in [9.17, 15) is 0 Å². The van der Waals surface area contributed by atoms with Gasteiger partial charge in [-0.3, -0.25) is 0 Å². The van der Waals surface area contributed by atoms with E-state index in [2.05, 4.69) is 32.5 Å². The van der Waals surface area contributed by atoms with Gasteiger partial charge in [0.05, 0.1) is 0 Å². The van der Waals surface area contributed by atoms with Gasteiger partial charge in [0.1, 0.15) is 0 Å². The Morgan fingerprint density at radius 2 is 1.81 bits per heavy atom. The van der Waals surface area contributed by atoms with Crippen molar-refractivity contribution in [2.24, 2.45) is 5.92 Å². The van der Waals surface area contributed by atoms with Crippen LogP contribution >= 0.6 is 11.8 Å². The van der Waals surface area contributed by atoms with Crippen molar-refractivity contribution in [2.45, 2.75) is 57.7 Å². The fourth-order valence-electron chi connectivity index (χ4n) is 3.00. The molecular weight excluding hydrogens is 300 g/mol. The summed E-state index contributed by atoms with van der Waals surface area (Å²) in [6.07, 6.45) is 5.05. The van der Waals surface area contributed by atoms with Crippen molar-refractivity contribution in [3.63, 3.8) is 0 Å². The van der Waals surface area contributed by atoms with Crippen LogP contribution in [0.15, 0.2) is 11.1 Å². The number of rotatable bonds is 8. The highest BCUT2D eigenvalue weighted by Gasteiger charge is 2.37. The molecule has 3 nitrogen and oxygen atoms in total. The number of thioether (sulfide) groups is 1. The third-order valence-corrected chi connectivity index (χ3v) is 8.67. The maximum absolute atomic E-state index is 5.48. The van der Waals surface area contributed by atoms with Crippen molar-refractivity contribution in [3.8, 4) is 0 Å². The first-order valence-corrected chi connectivity index (χ1v) is 10.9. The number of hydrogen-bond acceptors (Lipinski definition) is 4. The van der Waals surface area contributed by atoms with Crippen molar-refractivity contribution in [2.75, 3.05) is 27.1 Å². The molecule has 5 heteroatoms. The third-order valence-electron chi connectivity index (χ3n) is 4.43. The van der Waals surface area contributed by atoms with Gasteiger partial charge < -0.3 is 13.3 Å². The molecule has 1 aliphatic carbocycles. The van der Waals surface area contributed by atoms with Crippen LogP contribution in [0.3, 0.4) is 0 Å². The average molecular weight is 333 g/mol. The maximum Gasteiger partial charge on any atom is 0.500 e. The molecule has 0 aromatic rings. The molecule has 0 bridgehead atoms. The van der Waals surface area contributed by atoms with Gasteiger partial charge in [-0.25, -0.2) is 0 Å². The van der Waals surface area contributed by atoms with Gasteiger partial charge in [-0.05, 0) is 51.2 Å². The van der Waals surface area contributed by atoms with Crippen LogP contribution < -0.4 is 0 Å². The molecule has 0 aromatic carbocycles. The Morgan fingerprint density at radius 1 is 1.19 bits per heavy atom. The zero-order valence-corrected chi connectivity index (χ0v) is 16.3. The Kier molecular flexibility index (Phi) is 8.57. The normalized spacial score (nSPS) is 23.4. The van der Waals surface area contributed by atoms with Gasteiger partial charge in [0.2, 0.25) is 0 Å². The molecule has 1 saturated carbocycles. The van der Waals surface area contributed by atoms with E-state index in [-0.39, 0.29) is 0 Å². The van der Waals surface area contributed by atoms with Crippen LogP contribution in [0.1, 0.15) is 46.5 Å². The molecule has 124 valence electrons. The van der Waals surface area contributed by atoms with E-state index in [0.29, 0.717) is 5.25 Å². The summed E-state index contributed by atoms with van der Waals surface area (Å²) in [5, 5.41) is 0.711. The first-order valence-electron chi connectivity index (χ1n) is 7.91. The Bertz CT molecular complexity index is 330. The molecule has 1 rings (SSSR count). The van der Waals surface area contributed by atoms with Crippen molar-refractivity contribution in [1.82, 2.24) is 0 Å². The van der Waals surface area contributed by atoms with Crippen LogP contribution in [-0.4, -0.2) is 41.1 Å². The van der Waals surface area contributed by atoms with Crippen LogP contribution in [0.5, 0.6) is 0 Å². The van der Waals surface area contributed by atoms with Gasteiger partial charge in [0.15, 0.2) is 0 Å². The van der Waals surface area contributed by atoms with Crippen molar-refractivity contribution < 1.29 is 13.3 Å². The Morgan fingerprint density at radius 3 is 2.33 bits per heavy atom. The summed E-state index contributed by atoms with van der Waals surface area (Å²) in [4.78, 5) is 0. The van der Waals surface area contributed by atoms with Crippen molar-refractivity contribution in [3.05, 3.63) is 11.1 Å². The van der Waals surface area contributed by atoms with Crippen LogP contribution in [0, 0.1) is 5.92 Å². The lowest BCUT2D eigenvalue weighted by Crippen LogP contribution is -2.42. The summed E-state index contributed by atoms with van der Waals surface area (Å²) in [6, 6.07) is 0.899. The molecular formula is C16H32O3SSi. The standard InChI is InChI=1S/C16H32O3SSi/c1-13(2)15-9-8-14(3)12-16(15)20-10-7-11-21(17-4,18-5)19-6/h14,16H,7-12H2,1-6H3. The molecule has 0 amide bonds. The predicted molar refractivity (Wildman–Crippen MR) is 93.8 cm³/mol. The first kappa shape index (κ1) is 19.2. The van der Waals surface area contributed by atoms with Crippen molar-refractivity contribution in [1.29, 1.82) is 0 Å². The second-order valence-corrected chi connectivity index (χ2v) is 10.6. The van der Waals surface area contributed by atoms with E-state index in [4.69, 9.17) is 13.3 Å². The monoisotopic (exact) mass is 332 g/mol. The fraction of sp³-hybridized carbons (Fsp3) is 0.875. The van der Waals surface area contributed by atoms with E-state index >= 15 is 0 Å². The first-order chi connectivity index (χ1) is 9.98. The van der Waals surface area contributed by atoms with Crippen LogP contribution in [-0.2, 0) is 13.3 Å². The molecule has 2 atom stereocenters. The third kappa shape index (κ3) is 5.71. The zero-order valence-electron chi connectivity index (χ0n) is 14.5. The molecule has 0 radical (unpaired) electrons. The lowest BCUT2D eigenvalue weighted by Gasteiger charge is -2.31. The van der Waals surface area contributed by atoms with E-state index in [1.165, 1.54) is 24.8 Å². The molecule has 0 aromatic heterocycles. The highest BCUT2D eigenvalue weighted by molar-refractivity contribution is 8.00. The average Bonchev–Trinajstić information content (AvgIpc) is 2.48. The maximum atomic E-state index is 5.48. The van der Waals surface area contributed by atoms with Crippen LogP contribution in [0.2, 0.25) is 6.04 Å². The minimum Gasteiger partial charge on any atom is -0.377 e. The summed E-state index contributed by atoms with van der Waals surface area (Å²) in [5.41, 5.74) is 3.21. The molecule has 0 aliphatic heterocycles. The Hall–Kier alpha value is 0.187. The van der Waals surface area contributed by atoms with Gasteiger partial charge in [0.25, 0.3) is 0 Å². The summed E-state index contributed by atoms with van der Waals surface area (Å²) >= 11 is 2.11. The molecule has 1 fully saturated rings. The molecule has 0 saturated heterocycles. The second kappa shape index (κ2) is 9.35. The highest BCUT2D eigenvalue weighted by Crippen LogP contribution is 2.38. The smallest absolute Gasteiger partial charge is 0.377 e. The van der Waals surface area contributed by atoms with Gasteiger partial charge in [0, 0.05) is 32.6 Å². The van der Waals surface area contributed by atoms with E-state index in [1.54, 1.807) is 26.9 Å². The quantitative estimate of drug-likeness (QED) is 0.371. The van der Waals surface area contributed by atoms with Gasteiger partial charge in [-0.2, -0.15) is 11.8 Å². The van der Waals surface area contributed by atoms with Crippen molar-refractivity contribution >= 4 is 20.6 Å². The molecule has 0 heterocycles. The molecule has 1 aliphatic rings. The topological polar surface area (TPSA) is 27.7 Å². The van der Waals surface area contributed by atoms with Gasteiger partial charge in [-0.1, -0.05) is 18.1 Å². The van der Waals surface area contributed by atoms with Gasteiger partial charge >= 0.3 is 8.80 Å². The summed E-state index contributed by atoms with van der Waals surface area (Å²) < 4.78 is 16.4. The lowest BCUT2D eigenvalue weighted by atomic mass is 9.85. The molecule has 0 spiro atoms. The molecule has 21 heavy (non-hydrogen) atoms. The Balaban J connectivity index is 2.45. The van der Waals surface area contributed by atoms with Gasteiger partial charge in [-0.15, -0.1) is 0 Å². The number of allylic oxidation sites excluding steroid dienone is 1. The minimum absolute atomic E-state index is 0.711. The Labute approximate surface area is 136 Å².